The molecule has 1 amide bonds. The molecule has 0 aliphatic rings. The molecule has 2 heterocycles. The molecule has 0 bridgehead atoms. The van der Waals surface area contributed by atoms with E-state index in [0.29, 0.717) is 5.56 Å². The van der Waals surface area contributed by atoms with Gasteiger partial charge < -0.3 is 19.5 Å². The predicted octanol–water partition coefficient (Wildman–Crippen LogP) is 3.20. The predicted molar refractivity (Wildman–Crippen MR) is 109 cm³/mol. The van der Waals surface area contributed by atoms with Crippen LogP contribution in [-0.4, -0.2) is 43.6 Å². The van der Waals surface area contributed by atoms with Crippen LogP contribution in [0.1, 0.15) is 44.3 Å². The van der Waals surface area contributed by atoms with Crippen LogP contribution in [0.25, 0.3) is 0 Å². The molecule has 0 aliphatic heterocycles. The van der Waals surface area contributed by atoms with Gasteiger partial charge in [-0.3, -0.25) is 9.59 Å². The lowest BCUT2D eigenvalue weighted by Gasteiger charge is -2.07. The Morgan fingerprint density at radius 1 is 1.03 bits per heavy atom. The van der Waals surface area contributed by atoms with Gasteiger partial charge in [0, 0.05) is 4.88 Å². The fraction of sp³-hybridized carbons (Fsp3) is 0.368. The molecule has 0 unspecified atom stereocenters. The lowest BCUT2D eigenvalue weighted by molar-refractivity contribution is -0.146. The molecular formula is C19H21NO7S2. The Balaban J connectivity index is 2.09. The van der Waals surface area contributed by atoms with Gasteiger partial charge >= 0.3 is 17.9 Å². The van der Waals surface area contributed by atoms with E-state index in [0.717, 1.165) is 16.2 Å². The van der Waals surface area contributed by atoms with Crippen LogP contribution in [0.2, 0.25) is 0 Å². The summed E-state index contributed by atoms with van der Waals surface area (Å²) in [6.07, 6.45) is 0.0736. The van der Waals surface area contributed by atoms with Crippen LogP contribution >= 0.6 is 22.7 Å². The fourth-order valence-corrected chi connectivity index (χ4v) is 4.15. The summed E-state index contributed by atoms with van der Waals surface area (Å²) < 4.78 is 15.0. The molecule has 0 spiro atoms. The highest BCUT2D eigenvalue weighted by Gasteiger charge is 2.27. The van der Waals surface area contributed by atoms with Gasteiger partial charge in [0.2, 0.25) is 0 Å². The zero-order valence-electron chi connectivity index (χ0n) is 16.2. The second-order valence-corrected chi connectivity index (χ2v) is 7.72. The van der Waals surface area contributed by atoms with Crippen molar-refractivity contribution < 1.29 is 33.4 Å². The molecule has 156 valence electrons. The molecule has 10 heteroatoms. The average Bonchev–Trinajstić information content (AvgIpc) is 3.28. The Labute approximate surface area is 175 Å². The summed E-state index contributed by atoms with van der Waals surface area (Å²) in [4.78, 5) is 49.5. The summed E-state index contributed by atoms with van der Waals surface area (Å²) in [7, 11) is 0. The molecular weight excluding hydrogens is 418 g/mol. The number of esters is 3. The maximum atomic E-state index is 12.3. The van der Waals surface area contributed by atoms with Gasteiger partial charge in [0.15, 0.2) is 6.61 Å². The Bertz CT molecular complexity index is 887. The van der Waals surface area contributed by atoms with Gasteiger partial charge in [-0.25, -0.2) is 9.59 Å². The minimum atomic E-state index is -0.665. The van der Waals surface area contributed by atoms with E-state index in [4.69, 9.17) is 14.2 Å². The summed E-state index contributed by atoms with van der Waals surface area (Å²) in [5, 5.41) is 4.50. The van der Waals surface area contributed by atoms with E-state index in [1.54, 1.807) is 26.8 Å². The standard InChI is InChI=1S/C19H21NO7S2/c1-4-25-18(23)15-11(3)16(19(24)26-5-2)29-17(15)20-13(21)10-27-14(22)9-12-7-6-8-28-12/h6-8H,4-5,9-10H2,1-3H3,(H,20,21). The number of thiophene rings is 2. The minimum Gasteiger partial charge on any atom is -0.462 e. The van der Waals surface area contributed by atoms with Gasteiger partial charge in [0.05, 0.1) is 25.2 Å². The van der Waals surface area contributed by atoms with Gasteiger partial charge in [-0.2, -0.15) is 0 Å². The van der Waals surface area contributed by atoms with Crippen LogP contribution in [0.5, 0.6) is 0 Å². The molecule has 0 saturated carbocycles. The highest BCUT2D eigenvalue weighted by Crippen LogP contribution is 2.34. The number of carbonyl (C=O) groups excluding carboxylic acids is 4. The maximum absolute atomic E-state index is 12.3. The highest BCUT2D eigenvalue weighted by atomic mass is 32.1. The van der Waals surface area contributed by atoms with Crippen molar-refractivity contribution in [2.45, 2.75) is 27.2 Å². The van der Waals surface area contributed by atoms with Crippen molar-refractivity contribution in [1.82, 2.24) is 0 Å². The Kier molecular flexibility index (Phi) is 8.34. The zero-order valence-corrected chi connectivity index (χ0v) is 17.9. The molecule has 8 nitrogen and oxygen atoms in total. The Morgan fingerprint density at radius 3 is 2.34 bits per heavy atom. The van der Waals surface area contributed by atoms with Gasteiger partial charge in [-0.15, -0.1) is 22.7 Å². The van der Waals surface area contributed by atoms with E-state index in [2.05, 4.69) is 5.32 Å². The summed E-state index contributed by atoms with van der Waals surface area (Å²) in [6, 6.07) is 3.61. The Morgan fingerprint density at radius 2 is 1.72 bits per heavy atom. The van der Waals surface area contributed by atoms with E-state index < -0.39 is 30.4 Å². The topological polar surface area (TPSA) is 108 Å². The summed E-state index contributed by atoms with van der Waals surface area (Å²) >= 11 is 2.32. The third-order valence-electron chi connectivity index (χ3n) is 3.60. The first-order chi connectivity index (χ1) is 13.9. The van der Waals surface area contributed by atoms with Crippen LogP contribution in [0.15, 0.2) is 17.5 Å². The largest absolute Gasteiger partial charge is 0.462 e. The number of carbonyl (C=O) groups is 4. The van der Waals surface area contributed by atoms with Crippen molar-refractivity contribution in [2.24, 2.45) is 0 Å². The molecule has 0 aliphatic carbocycles. The Hall–Kier alpha value is -2.72. The van der Waals surface area contributed by atoms with Crippen molar-refractivity contribution in [2.75, 3.05) is 25.1 Å². The number of ether oxygens (including phenoxy) is 3. The second kappa shape index (κ2) is 10.7. The number of amides is 1. The van der Waals surface area contributed by atoms with E-state index in [9.17, 15) is 19.2 Å². The SMILES string of the molecule is CCOC(=O)c1sc(NC(=O)COC(=O)Cc2cccs2)c(C(=O)OCC)c1C. The summed E-state index contributed by atoms with van der Waals surface area (Å²) in [5.41, 5.74) is 0.440. The van der Waals surface area contributed by atoms with Crippen LogP contribution in [0.3, 0.4) is 0 Å². The van der Waals surface area contributed by atoms with Crippen LogP contribution in [-0.2, 0) is 30.2 Å². The third kappa shape index (κ3) is 6.13. The van der Waals surface area contributed by atoms with Gasteiger partial charge in [0.25, 0.3) is 5.91 Å². The van der Waals surface area contributed by atoms with E-state index in [1.165, 1.54) is 11.3 Å². The smallest absolute Gasteiger partial charge is 0.348 e. The molecule has 2 rings (SSSR count). The molecule has 0 atom stereocenters. The van der Waals surface area contributed by atoms with Crippen molar-refractivity contribution in [3.8, 4) is 0 Å². The van der Waals surface area contributed by atoms with Crippen molar-refractivity contribution in [3.05, 3.63) is 38.4 Å². The molecule has 1 N–H and O–H groups in total. The van der Waals surface area contributed by atoms with Gasteiger partial charge in [-0.05, 0) is 37.8 Å². The number of rotatable bonds is 9. The van der Waals surface area contributed by atoms with Crippen LogP contribution in [0, 0.1) is 6.92 Å². The summed E-state index contributed by atoms with van der Waals surface area (Å²) in [5.74, 6) is -2.43. The van der Waals surface area contributed by atoms with Crippen molar-refractivity contribution in [3.63, 3.8) is 0 Å². The van der Waals surface area contributed by atoms with Crippen LogP contribution < -0.4 is 5.32 Å². The van der Waals surface area contributed by atoms with Gasteiger partial charge in [0.1, 0.15) is 9.88 Å². The molecule has 2 aromatic heterocycles. The summed E-state index contributed by atoms with van der Waals surface area (Å²) in [6.45, 7) is 4.69. The highest BCUT2D eigenvalue weighted by molar-refractivity contribution is 7.18. The van der Waals surface area contributed by atoms with Crippen LogP contribution in [0.4, 0.5) is 5.00 Å². The van der Waals surface area contributed by atoms with Crippen molar-refractivity contribution >= 4 is 51.5 Å². The molecule has 29 heavy (non-hydrogen) atoms. The monoisotopic (exact) mass is 439 g/mol. The lowest BCUT2D eigenvalue weighted by Crippen LogP contribution is -2.22. The fourth-order valence-electron chi connectivity index (χ4n) is 2.36. The first kappa shape index (κ1) is 22.6. The van der Waals surface area contributed by atoms with E-state index >= 15 is 0 Å². The van der Waals surface area contributed by atoms with E-state index in [-0.39, 0.29) is 35.1 Å². The third-order valence-corrected chi connectivity index (χ3v) is 5.67. The maximum Gasteiger partial charge on any atom is 0.348 e. The second-order valence-electron chi connectivity index (χ2n) is 5.67. The normalized spacial score (nSPS) is 10.3. The zero-order chi connectivity index (χ0) is 21.4. The first-order valence-corrected chi connectivity index (χ1v) is 10.5. The number of hydrogen-bond donors (Lipinski definition) is 1. The number of anilines is 1. The minimum absolute atomic E-state index is 0.0736. The first-order valence-electron chi connectivity index (χ1n) is 8.82. The lowest BCUT2D eigenvalue weighted by atomic mass is 10.1. The average molecular weight is 440 g/mol. The quantitative estimate of drug-likeness (QED) is 0.472. The molecule has 0 saturated heterocycles. The number of hydrogen-bond acceptors (Lipinski definition) is 9. The molecule has 0 aromatic carbocycles. The molecule has 2 aromatic rings. The molecule has 0 radical (unpaired) electrons. The van der Waals surface area contributed by atoms with Crippen molar-refractivity contribution in [1.29, 1.82) is 0 Å². The van der Waals surface area contributed by atoms with E-state index in [1.807, 2.05) is 11.4 Å². The van der Waals surface area contributed by atoms with Gasteiger partial charge in [-0.1, -0.05) is 6.07 Å². The number of nitrogens with one attached hydrogen (secondary N) is 1. The molecule has 0 fully saturated rings.